The van der Waals surface area contributed by atoms with Gasteiger partial charge < -0.3 is 10.4 Å². The summed E-state index contributed by atoms with van der Waals surface area (Å²) in [5, 5.41) is 12.0. The molecule has 0 radical (unpaired) electrons. The number of amides is 1. The van der Waals surface area contributed by atoms with Gasteiger partial charge in [0.2, 0.25) is 5.91 Å². The van der Waals surface area contributed by atoms with Crippen LogP contribution in [0.2, 0.25) is 0 Å². The molecule has 3 atom stereocenters. The van der Waals surface area contributed by atoms with Gasteiger partial charge in [-0.3, -0.25) is 9.59 Å². The lowest BCUT2D eigenvalue weighted by molar-refractivity contribution is -0.146. The Morgan fingerprint density at radius 2 is 2.11 bits per heavy atom. The summed E-state index contributed by atoms with van der Waals surface area (Å²) in [6.07, 6.45) is 1.26. The van der Waals surface area contributed by atoms with Crippen LogP contribution in [0, 0.1) is 17.8 Å². The Kier molecular flexibility index (Phi) is 4.62. The van der Waals surface area contributed by atoms with E-state index in [9.17, 15) is 9.59 Å². The molecule has 1 fully saturated rings. The number of carbonyl (C=O) groups is 2. The summed E-state index contributed by atoms with van der Waals surface area (Å²) in [4.78, 5) is 24.3. The van der Waals surface area contributed by atoms with Gasteiger partial charge in [-0.25, -0.2) is 0 Å². The molecule has 1 aromatic rings. The second kappa shape index (κ2) is 6.05. The molecule has 1 saturated carbocycles. The second-order valence-corrected chi connectivity index (χ2v) is 7.60. The summed E-state index contributed by atoms with van der Waals surface area (Å²) in [6, 6.07) is 3.88. The van der Waals surface area contributed by atoms with Crippen molar-refractivity contribution < 1.29 is 14.7 Å². The highest BCUT2D eigenvalue weighted by molar-refractivity contribution is 9.11. The standard InChI is InChI=1S/C13H16BrNO3S/c1-7-4-9(10(5-7)13(17)18)12(16)15-6-8-2-3-11(14)19-8/h2-3,7,9-10H,4-6H2,1H3,(H,15,16)(H,17,18). The van der Waals surface area contributed by atoms with Crippen molar-refractivity contribution in [3.63, 3.8) is 0 Å². The summed E-state index contributed by atoms with van der Waals surface area (Å²) in [7, 11) is 0. The molecule has 1 aromatic heterocycles. The molecule has 0 saturated heterocycles. The number of hydrogen-bond donors (Lipinski definition) is 2. The van der Waals surface area contributed by atoms with Crippen LogP contribution in [0.4, 0.5) is 0 Å². The van der Waals surface area contributed by atoms with Gasteiger partial charge in [-0.05, 0) is 46.8 Å². The molecular weight excluding hydrogens is 330 g/mol. The minimum Gasteiger partial charge on any atom is -0.481 e. The molecule has 0 bridgehead atoms. The van der Waals surface area contributed by atoms with Gasteiger partial charge in [-0.15, -0.1) is 11.3 Å². The van der Waals surface area contributed by atoms with Gasteiger partial charge in [0.1, 0.15) is 0 Å². The molecule has 0 aromatic carbocycles. The molecule has 1 aliphatic rings. The molecule has 4 nitrogen and oxygen atoms in total. The van der Waals surface area contributed by atoms with Crippen LogP contribution in [0.25, 0.3) is 0 Å². The van der Waals surface area contributed by atoms with Crippen LogP contribution in [0.15, 0.2) is 15.9 Å². The molecule has 3 unspecified atom stereocenters. The number of nitrogens with one attached hydrogen (secondary N) is 1. The molecule has 2 N–H and O–H groups in total. The largest absolute Gasteiger partial charge is 0.481 e. The maximum Gasteiger partial charge on any atom is 0.307 e. The molecule has 2 rings (SSSR count). The average molecular weight is 346 g/mol. The van der Waals surface area contributed by atoms with Crippen molar-refractivity contribution in [2.24, 2.45) is 17.8 Å². The highest BCUT2D eigenvalue weighted by Crippen LogP contribution is 2.36. The van der Waals surface area contributed by atoms with Gasteiger partial charge in [0.05, 0.1) is 22.2 Å². The number of aliphatic carboxylic acids is 1. The minimum absolute atomic E-state index is 0.138. The number of rotatable bonds is 4. The smallest absolute Gasteiger partial charge is 0.307 e. The zero-order valence-electron chi connectivity index (χ0n) is 10.6. The van der Waals surface area contributed by atoms with E-state index in [0.29, 0.717) is 25.3 Å². The normalized spacial score (nSPS) is 26.3. The van der Waals surface area contributed by atoms with Crippen LogP contribution < -0.4 is 5.32 Å². The summed E-state index contributed by atoms with van der Waals surface area (Å²) in [5.74, 6) is -1.63. The zero-order valence-corrected chi connectivity index (χ0v) is 13.0. The van der Waals surface area contributed by atoms with Crippen LogP contribution in [-0.4, -0.2) is 17.0 Å². The molecule has 0 aliphatic heterocycles. The number of carboxylic acids is 1. The van der Waals surface area contributed by atoms with Crippen molar-refractivity contribution in [1.82, 2.24) is 5.32 Å². The average Bonchev–Trinajstić information content (AvgIpc) is 2.92. The topological polar surface area (TPSA) is 66.4 Å². The quantitative estimate of drug-likeness (QED) is 0.881. The maximum atomic E-state index is 12.1. The Bertz CT molecular complexity index is 488. The Morgan fingerprint density at radius 3 is 2.68 bits per heavy atom. The summed E-state index contributed by atoms with van der Waals surface area (Å²) in [6.45, 7) is 2.46. The SMILES string of the molecule is CC1CC(C(=O)O)C(C(=O)NCc2ccc(Br)s2)C1. The monoisotopic (exact) mass is 345 g/mol. The van der Waals surface area contributed by atoms with Crippen molar-refractivity contribution in [3.05, 3.63) is 20.8 Å². The summed E-state index contributed by atoms with van der Waals surface area (Å²) >= 11 is 4.94. The molecule has 19 heavy (non-hydrogen) atoms. The van der Waals surface area contributed by atoms with Crippen LogP contribution in [0.3, 0.4) is 0 Å². The van der Waals surface area contributed by atoms with E-state index < -0.39 is 17.8 Å². The van der Waals surface area contributed by atoms with Crippen molar-refractivity contribution in [2.45, 2.75) is 26.3 Å². The van der Waals surface area contributed by atoms with E-state index >= 15 is 0 Å². The zero-order chi connectivity index (χ0) is 14.0. The Labute approximate surface area is 124 Å². The first-order valence-corrected chi connectivity index (χ1v) is 7.83. The van der Waals surface area contributed by atoms with E-state index in [-0.39, 0.29) is 5.91 Å². The van der Waals surface area contributed by atoms with Gasteiger partial charge in [0.25, 0.3) is 0 Å². The van der Waals surface area contributed by atoms with Crippen molar-refractivity contribution in [3.8, 4) is 0 Å². The highest BCUT2D eigenvalue weighted by atomic mass is 79.9. The summed E-state index contributed by atoms with van der Waals surface area (Å²) < 4.78 is 1.02. The fraction of sp³-hybridized carbons (Fsp3) is 0.538. The van der Waals surface area contributed by atoms with Gasteiger partial charge in [0.15, 0.2) is 0 Å². The highest BCUT2D eigenvalue weighted by Gasteiger charge is 2.40. The van der Waals surface area contributed by atoms with Gasteiger partial charge in [0, 0.05) is 4.88 Å². The van der Waals surface area contributed by atoms with Crippen LogP contribution in [-0.2, 0) is 16.1 Å². The Balaban J connectivity index is 1.93. The molecule has 0 spiro atoms. The number of carbonyl (C=O) groups excluding carboxylic acids is 1. The molecule has 1 aliphatic carbocycles. The Morgan fingerprint density at radius 1 is 1.42 bits per heavy atom. The molecule has 1 heterocycles. The number of thiophene rings is 1. The van der Waals surface area contributed by atoms with E-state index in [2.05, 4.69) is 21.2 Å². The first-order chi connectivity index (χ1) is 8.97. The third-order valence-electron chi connectivity index (χ3n) is 3.52. The van der Waals surface area contributed by atoms with E-state index in [0.717, 1.165) is 8.66 Å². The predicted octanol–water partition coefficient (Wildman–Crippen LogP) is 2.87. The number of hydrogen-bond acceptors (Lipinski definition) is 3. The Hall–Kier alpha value is -0.880. The number of halogens is 1. The van der Waals surface area contributed by atoms with E-state index in [1.807, 2.05) is 19.1 Å². The minimum atomic E-state index is -0.858. The lowest BCUT2D eigenvalue weighted by Crippen LogP contribution is -2.34. The fourth-order valence-electron chi connectivity index (χ4n) is 2.61. The fourth-order valence-corrected chi connectivity index (χ4v) is 4.03. The third-order valence-corrected chi connectivity index (χ3v) is 5.14. The van der Waals surface area contributed by atoms with Crippen molar-refractivity contribution >= 4 is 39.1 Å². The molecule has 6 heteroatoms. The second-order valence-electron chi connectivity index (χ2n) is 5.05. The molecule has 104 valence electrons. The van der Waals surface area contributed by atoms with Crippen LogP contribution in [0.5, 0.6) is 0 Å². The molecular formula is C13H16BrNO3S. The van der Waals surface area contributed by atoms with E-state index in [1.54, 1.807) is 11.3 Å². The van der Waals surface area contributed by atoms with Crippen LogP contribution >= 0.6 is 27.3 Å². The first-order valence-electron chi connectivity index (χ1n) is 6.22. The van der Waals surface area contributed by atoms with Gasteiger partial charge in [-0.1, -0.05) is 6.92 Å². The molecule has 1 amide bonds. The first kappa shape index (κ1) is 14.5. The lowest BCUT2D eigenvalue weighted by atomic mass is 9.95. The van der Waals surface area contributed by atoms with Gasteiger partial charge in [-0.2, -0.15) is 0 Å². The van der Waals surface area contributed by atoms with Crippen LogP contribution in [0.1, 0.15) is 24.6 Å². The lowest BCUT2D eigenvalue weighted by Gasteiger charge is -2.15. The number of carboxylic acid groups (broad SMARTS) is 1. The predicted molar refractivity (Wildman–Crippen MR) is 76.9 cm³/mol. The van der Waals surface area contributed by atoms with Crippen molar-refractivity contribution in [2.75, 3.05) is 0 Å². The van der Waals surface area contributed by atoms with E-state index in [4.69, 9.17) is 5.11 Å². The van der Waals surface area contributed by atoms with E-state index in [1.165, 1.54) is 0 Å². The summed E-state index contributed by atoms with van der Waals surface area (Å²) in [5.41, 5.74) is 0. The maximum absolute atomic E-state index is 12.1. The van der Waals surface area contributed by atoms with Gasteiger partial charge >= 0.3 is 5.97 Å². The van der Waals surface area contributed by atoms with Crippen molar-refractivity contribution in [1.29, 1.82) is 0 Å². The third kappa shape index (κ3) is 3.57.